The van der Waals surface area contributed by atoms with E-state index in [2.05, 4.69) is 20.4 Å². The van der Waals surface area contributed by atoms with Crippen LogP contribution in [0.5, 0.6) is 5.88 Å². The van der Waals surface area contributed by atoms with Crippen LogP contribution in [0.4, 0.5) is 0 Å². The molecule has 0 spiro atoms. The number of aromatic nitrogens is 3. The van der Waals surface area contributed by atoms with Gasteiger partial charge >= 0.3 is 0 Å². The van der Waals surface area contributed by atoms with Crippen LogP contribution in [0.3, 0.4) is 0 Å². The highest BCUT2D eigenvalue weighted by Crippen LogP contribution is 2.23. The fourth-order valence-corrected chi connectivity index (χ4v) is 3.22. The fourth-order valence-electron chi connectivity index (χ4n) is 3.22. The van der Waals surface area contributed by atoms with Crippen molar-refractivity contribution in [2.45, 2.75) is 37.8 Å². The Kier molecular flexibility index (Phi) is 5.09. The van der Waals surface area contributed by atoms with Gasteiger partial charge in [0.2, 0.25) is 5.88 Å². The van der Waals surface area contributed by atoms with Crippen molar-refractivity contribution in [3.05, 3.63) is 60.7 Å². The first-order chi connectivity index (χ1) is 13.3. The topological polar surface area (TPSA) is 90.1 Å². The number of carbonyl (C=O) groups excluding carboxylic acids is 1. The summed E-state index contributed by atoms with van der Waals surface area (Å²) in [5, 5.41) is 6.94. The Morgan fingerprint density at radius 3 is 2.67 bits per heavy atom. The summed E-state index contributed by atoms with van der Waals surface area (Å²) < 4.78 is 11.1. The van der Waals surface area contributed by atoms with E-state index in [-0.39, 0.29) is 18.1 Å². The van der Waals surface area contributed by atoms with Crippen molar-refractivity contribution in [1.29, 1.82) is 0 Å². The van der Waals surface area contributed by atoms with E-state index in [9.17, 15) is 4.79 Å². The summed E-state index contributed by atoms with van der Waals surface area (Å²) in [5.74, 6) is 0.919. The van der Waals surface area contributed by atoms with E-state index >= 15 is 0 Å². The molecule has 0 bridgehead atoms. The molecule has 138 valence electrons. The second kappa shape index (κ2) is 7.99. The Balaban J connectivity index is 1.29. The molecular formula is C20H20N4O3. The normalized spacial score (nSPS) is 19.4. The van der Waals surface area contributed by atoms with Gasteiger partial charge in [-0.05, 0) is 25.7 Å². The minimum Gasteiger partial charge on any atom is -0.473 e. The molecule has 1 saturated carbocycles. The summed E-state index contributed by atoms with van der Waals surface area (Å²) in [6.45, 7) is 0. The van der Waals surface area contributed by atoms with Gasteiger partial charge in [-0.2, -0.15) is 0 Å². The lowest BCUT2D eigenvalue weighted by atomic mass is 9.93. The predicted molar refractivity (Wildman–Crippen MR) is 98.1 cm³/mol. The third-order valence-corrected chi connectivity index (χ3v) is 4.64. The highest BCUT2D eigenvalue weighted by Gasteiger charge is 2.25. The smallest absolute Gasteiger partial charge is 0.273 e. The molecule has 1 aromatic carbocycles. The molecule has 7 nitrogen and oxygen atoms in total. The van der Waals surface area contributed by atoms with Crippen molar-refractivity contribution < 1.29 is 14.1 Å². The molecule has 2 heterocycles. The first-order valence-electron chi connectivity index (χ1n) is 9.03. The van der Waals surface area contributed by atoms with E-state index in [0.717, 1.165) is 31.2 Å². The number of ether oxygens (including phenoxy) is 1. The van der Waals surface area contributed by atoms with Crippen LogP contribution in [0, 0.1) is 0 Å². The minimum atomic E-state index is -0.209. The van der Waals surface area contributed by atoms with Crippen molar-refractivity contribution >= 4 is 5.91 Å². The molecule has 1 fully saturated rings. The molecule has 0 atom stereocenters. The van der Waals surface area contributed by atoms with Crippen molar-refractivity contribution in [3.8, 4) is 17.2 Å². The molecule has 2 aromatic heterocycles. The molecule has 0 unspecified atom stereocenters. The van der Waals surface area contributed by atoms with Crippen molar-refractivity contribution in [2.75, 3.05) is 0 Å². The van der Waals surface area contributed by atoms with Crippen LogP contribution in [0.25, 0.3) is 11.3 Å². The number of amides is 1. The summed E-state index contributed by atoms with van der Waals surface area (Å²) in [7, 11) is 0. The maximum atomic E-state index is 12.4. The van der Waals surface area contributed by atoms with Crippen molar-refractivity contribution in [3.63, 3.8) is 0 Å². The first-order valence-corrected chi connectivity index (χ1v) is 9.03. The molecular weight excluding hydrogens is 344 g/mol. The third-order valence-electron chi connectivity index (χ3n) is 4.64. The zero-order chi connectivity index (χ0) is 18.5. The van der Waals surface area contributed by atoms with E-state index < -0.39 is 0 Å². The molecule has 3 aromatic rings. The van der Waals surface area contributed by atoms with Gasteiger partial charge in [0.25, 0.3) is 5.91 Å². The Morgan fingerprint density at radius 2 is 1.93 bits per heavy atom. The number of benzene rings is 1. The van der Waals surface area contributed by atoms with Gasteiger partial charge in [-0.1, -0.05) is 35.5 Å². The average molecular weight is 364 g/mol. The van der Waals surface area contributed by atoms with E-state index in [1.54, 1.807) is 24.7 Å². The monoisotopic (exact) mass is 364 g/mol. The Morgan fingerprint density at radius 1 is 1.11 bits per heavy atom. The summed E-state index contributed by atoms with van der Waals surface area (Å²) in [5.41, 5.74) is 1.19. The third kappa shape index (κ3) is 4.31. The Hall–Kier alpha value is -3.22. The van der Waals surface area contributed by atoms with Gasteiger partial charge in [0, 0.05) is 30.1 Å². The van der Waals surface area contributed by atoms with Gasteiger partial charge in [0.05, 0.1) is 6.20 Å². The Labute approximate surface area is 156 Å². The van der Waals surface area contributed by atoms with E-state index in [4.69, 9.17) is 9.26 Å². The molecule has 1 N–H and O–H groups in total. The number of nitrogens with one attached hydrogen (secondary N) is 1. The van der Waals surface area contributed by atoms with Crippen molar-refractivity contribution in [1.82, 2.24) is 20.4 Å². The first kappa shape index (κ1) is 17.2. The zero-order valence-corrected chi connectivity index (χ0v) is 14.7. The lowest BCUT2D eigenvalue weighted by Crippen LogP contribution is -2.39. The number of hydrogen-bond acceptors (Lipinski definition) is 6. The van der Waals surface area contributed by atoms with Crippen LogP contribution in [-0.2, 0) is 0 Å². The van der Waals surface area contributed by atoms with Gasteiger partial charge in [-0.3, -0.25) is 9.78 Å². The second-order valence-electron chi connectivity index (χ2n) is 6.55. The number of rotatable bonds is 5. The SMILES string of the molecule is O=C(NC1CCC(Oc2cnccn2)CC1)c1cc(-c2ccccc2)on1. The molecule has 1 amide bonds. The van der Waals surface area contributed by atoms with Crippen LogP contribution < -0.4 is 10.1 Å². The lowest BCUT2D eigenvalue weighted by molar-refractivity contribution is 0.0881. The summed E-state index contributed by atoms with van der Waals surface area (Å²) in [6.07, 6.45) is 8.36. The molecule has 1 aliphatic rings. The molecule has 0 radical (unpaired) electrons. The van der Waals surface area contributed by atoms with Crippen LogP contribution in [0.2, 0.25) is 0 Å². The lowest BCUT2D eigenvalue weighted by Gasteiger charge is -2.28. The minimum absolute atomic E-state index is 0.103. The van der Waals surface area contributed by atoms with E-state index in [0.29, 0.717) is 17.3 Å². The van der Waals surface area contributed by atoms with Crippen LogP contribution in [0.1, 0.15) is 36.2 Å². The largest absolute Gasteiger partial charge is 0.473 e. The summed E-state index contributed by atoms with van der Waals surface area (Å²) >= 11 is 0. The quantitative estimate of drug-likeness (QED) is 0.747. The van der Waals surface area contributed by atoms with Gasteiger partial charge in [0.15, 0.2) is 11.5 Å². The standard InChI is InChI=1S/C20H20N4O3/c25-20(17-12-18(27-24-17)14-4-2-1-3-5-14)23-15-6-8-16(9-7-15)26-19-13-21-10-11-22-19/h1-5,10-13,15-16H,6-9H2,(H,23,25). The molecule has 0 saturated heterocycles. The predicted octanol–water partition coefficient (Wildman–Crippen LogP) is 3.25. The molecule has 27 heavy (non-hydrogen) atoms. The van der Waals surface area contributed by atoms with E-state index in [1.165, 1.54) is 0 Å². The fraction of sp³-hybridized carbons (Fsp3) is 0.300. The highest BCUT2D eigenvalue weighted by molar-refractivity contribution is 5.93. The number of hydrogen-bond donors (Lipinski definition) is 1. The van der Waals surface area contributed by atoms with Gasteiger partial charge in [0.1, 0.15) is 6.10 Å². The van der Waals surface area contributed by atoms with Crippen LogP contribution in [0.15, 0.2) is 59.5 Å². The maximum absolute atomic E-state index is 12.4. The van der Waals surface area contributed by atoms with Crippen LogP contribution in [-0.4, -0.2) is 33.2 Å². The Bertz CT molecular complexity index is 875. The number of carbonyl (C=O) groups is 1. The zero-order valence-electron chi connectivity index (χ0n) is 14.7. The van der Waals surface area contributed by atoms with Gasteiger partial charge < -0.3 is 14.6 Å². The molecule has 4 rings (SSSR count). The van der Waals surface area contributed by atoms with Crippen LogP contribution >= 0.6 is 0 Å². The molecule has 0 aliphatic heterocycles. The molecule has 1 aliphatic carbocycles. The highest BCUT2D eigenvalue weighted by atomic mass is 16.5. The van der Waals surface area contributed by atoms with Gasteiger partial charge in [-0.25, -0.2) is 4.98 Å². The van der Waals surface area contributed by atoms with E-state index in [1.807, 2.05) is 30.3 Å². The van der Waals surface area contributed by atoms with Gasteiger partial charge in [-0.15, -0.1) is 0 Å². The van der Waals surface area contributed by atoms with Crippen molar-refractivity contribution in [2.24, 2.45) is 0 Å². The second-order valence-corrected chi connectivity index (χ2v) is 6.55. The summed E-state index contributed by atoms with van der Waals surface area (Å²) in [4.78, 5) is 20.6. The maximum Gasteiger partial charge on any atom is 0.273 e. The number of nitrogens with zero attached hydrogens (tertiary/aromatic N) is 3. The average Bonchev–Trinajstić information content (AvgIpc) is 3.21. The molecule has 7 heteroatoms. The summed E-state index contributed by atoms with van der Waals surface area (Å²) in [6, 6.07) is 11.4.